The van der Waals surface area contributed by atoms with Crippen LogP contribution >= 0.6 is 0 Å². The van der Waals surface area contributed by atoms with E-state index in [0.717, 1.165) is 16.6 Å². The molecule has 1 saturated heterocycles. The summed E-state index contributed by atoms with van der Waals surface area (Å²) in [6.45, 7) is 0.353. The number of H-pyrrole nitrogens is 1. The predicted octanol–water partition coefficient (Wildman–Crippen LogP) is 2.56. The predicted molar refractivity (Wildman–Crippen MR) is 98.2 cm³/mol. The Morgan fingerprint density at radius 2 is 2.19 bits per heavy atom. The lowest BCUT2D eigenvalue weighted by Crippen LogP contribution is -2.28. The first kappa shape index (κ1) is 16.1. The van der Waals surface area contributed by atoms with Crippen LogP contribution in [0.25, 0.3) is 10.9 Å². The van der Waals surface area contributed by atoms with E-state index in [2.05, 4.69) is 15.5 Å². The first-order valence-electron chi connectivity index (χ1n) is 8.32. The second kappa shape index (κ2) is 6.51. The maximum atomic E-state index is 12.6. The fraction of sp³-hybridized carbons (Fsp3) is 0.211. The van der Waals surface area contributed by atoms with E-state index >= 15 is 0 Å². The number of carbonyl (C=O) groups is 2. The van der Waals surface area contributed by atoms with E-state index in [1.165, 1.54) is 0 Å². The minimum absolute atomic E-state index is 0.0660. The molecule has 0 radical (unpaired) electrons. The highest BCUT2D eigenvalue weighted by Crippen LogP contribution is 2.28. The van der Waals surface area contributed by atoms with Crippen molar-refractivity contribution in [3.05, 3.63) is 48.7 Å². The molecule has 1 aliphatic heterocycles. The van der Waals surface area contributed by atoms with E-state index < -0.39 is 5.92 Å². The Balaban J connectivity index is 1.47. The highest BCUT2D eigenvalue weighted by Gasteiger charge is 2.35. The van der Waals surface area contributed by atoms with Crippen molar-refractivity contribution in [1.29, 1.82) is 0 Å². The van der Waals surface area contributed by atoms with Crippen molar-refractivity contribution in [2.24, 2.45) is 5.92 Å². The molecule has 1 aliphatic rings. The molecule has 2 heterocycles. The van der Waals surface area contributed by atoms with E-state index in [0.29, 0.717) is 18.0 Å². The van der Waals surface area contributed by atoms with E-state index in [-0.39, 0.29) is 18.2 Å². The number of nitrogens with zero attached hydrogens (tertiary/aromatic N) is 2. The van der Waals surface area contributed by atoms with Crippen molar-refractivity contribution >= 4 is 34.1 Å². The number of fused-ring (bicyclic) bond motifs is 1. The Morgan fingerprint density at radius 1 is 1.31 bits per heavy atom. The second-order valence-electron chi connectivity index (χ2n) is 6.27. The molecule has 1 fully saturated rings. The zero-order valence-corrected chi connectivity index (χ0v) is 14.2. The lowest BCUT2D eigenvalue weighted by atomic mass is 10.1. The number of aromatic amines is 1. The third kappa shape index (κ3) is 2.99. The number of amides is 2. The standard InChI is InChI=1S/C19H18N4O3/c1-26-16-4-2-3-15(9-16)23-11-13(8-18(23)24)19(25)21-14-5-6-17-12(7-14)10-20-22-17/h2-7,9-10,13H,8,11H2,1H3,(H,20,22)(H,21,25)/t13-/m0/s1. The fourth-order valence-electron chi connectivity index (χ4n) is 3.18. The molecule has 0 unspecified atom stereocenters. The van der Waals surface area contributed by atoms with Gasteiger partial charge in [-0.2, -0.15) is 5.10 Å². The quantitative estimate of drug-likeness (QED) is 0.757. The topological polar surface area (TPSA) is 87.3 Å². The van der Waals surface area contributed by atoms with Crippen LogP contribution in [-0.4, -0.2) is 35.7 Å². The van der Waals surface area contributed by atoms with Gasteiger partial charge >= 0.3 is 0 Å². The van der Waals surface area contributed by atoms with Gasteiger partial charge in [-0.3, -0.25) is 14.7 Å². The Hall–Kier alpha value is -3.35. The summed E-state index contributed by atoms with van der Waals surface area (Å²) in [6, 6.07) is 12.8. The number of hydrogen-bond acceptors (Lipinski definition) is 4. The molecule has 4 rings (SSSR count). The molecule has 132 valence electrons. The molecule has 2 amide bonds. The summed E-state index contributed by atoms with van der Waals surface area (Å²) in [5, 5.41) is 10.7. The van der Waals surface area contributed by atoms with Gasteiger partial charge in [-0.15, -0.1) is 0 Å². The van der Waals surface area contributed by atoms with Crippen molar-refractivity contribution < 1.29 is 14.3 Å². The number of carbonyl (C=O) groups excluding carboxylic acids is 2. The molecule has 26 heavy (non-hydrogen) atoms. The minimum Gasteiger partial charge on any atom is -0.497 e. The van der Waals surface area contributed by atoms with Gasteiger partial charge in [0.1, 0.15) is 5.75 Å². The van der Waals surface area contributed by atoms with Crippen molar-refractivity contribution in [3.8, 4) is 5.75 Å². The summed E-state index contributed by atoms with van der Waals surface area (Å²) in [7, 11) is 1.58. The van der Waals surface area contributed by atoms with E-state index in [9.17, 15) is 9.59 Å². The van der Waals surface area contributed by atoms with Crippen molar-refractivity contribution in [1.82, 2.24) is 10.2 Å². The molecular weight excluding hydrogens is 332 g/mol. The SMILES string of the molecule is COc1cccc(N2C[C@@H](C(=O)Nc3ccc4[nH]ncc4c3)CC2=O)c1. The van der Waals surface area contributed by atoms with Crippen LogP contribution in [-0.2, 0) is 9.59 Å². The summed E-state index contributed by atoms with van der Waals surface area (Å²) >= 11 is 0. The van der Waals surface area contributed by atoms with Gasteiger partial charge in [-0.05, 0) is 30.3 Å². The summed E-state index contributed by atoms with van der Waals surface area (Å²) in [6.07, 6.45) is 1.89. The average molecular weight is 350 g/mol. The molecule has 7 heteroatoms. The van der Waals surface area contributed by atoms with Crippen LogP contribution in [0, 0.1) is 5.92 Å². The molecule has 0 aliphatic carbocycles. The number of rotatable bonds is 4. The lowest BCUT2D eigenvalue weighted by molar-refractivity contribution is -0.122. The molecule has 1 aromatic heterocycles. The van der Waals surface area contributed by atoms with Gasteiger partial charge in [0, 0.05) is 35.8 Å². The fourth-order valence-corrected chi connectivity index (χ4v) is 3.18. The zero-order valence-electron chi connectivity index (χ0n) is 14.2. The Labute approximate surface area is 149 Å². The van der Waals surface area contributed by atoms with Gasteiger partial charge in [0.25, 0.3) is 0 Å². The Kier molecular flexibility index (Phi) is 4.04. The number of aromatic nitrogens is 2. The number of anilines is 2. The second-order valence-corrected chi connectivity index (χ2v) is 6.27. The molecule has 2 aromatic carbocycles. The molecule has 0 bridgehead atoms. The molecule has 2 N–H and O–H groups in total. The smallest absolute Gasteiger partial charge is 0.229 e. The van der Waals surface area contributed by atoms with Gasteiger partial charge in [-0.25, -0.2) is 0 Å². The number of nitrogens with one attached hydrogen (secondary N) is 2. The number of methoxy groups -OCH3 is 1. The summed E-state index contributed by atoms with van der Waals surface area (Å²) in [5.74, 6) is 0.0562. The first-order chi connectivity index (χ1) is 12.6. The highest BCUT2D eigenvalue weighted by molar-refractivity contribution is 6.04. The van der Waals surface area contributed by atoms with Crippen molar-refractivity contribution in [2.75, 3.05) is 23.9 Å². The van der Waals surface area contributed by atoms with Gasteiger partial charge in [-0.1, -0.05) is 6.07 Å². The van der Waals surface area contributed by atoms with Crippen LogP contribution in [0.15, 0.2) is 48.7 Å². The molecule has 3 aromatic rings. The largest absolute Gasteiger partial charge is 0.497 e. The average Bonchev–Trinajstić information content (AvgIpc) is 3.27. The number of ether oxygens (including phenoxy) is 1. The van der Waals surface area contributed by atoms with Gasteiger partial charge in [0.05, 0.1) is 24.7 Å². The van der Waals surface area contributed by atoms with Gasteiger partial charge in [0.2, 0.25) is 11.8 Å². The van der Waals surface area contributed by atoms with Crippen LogP contribution in [0.1, 0.15) is 6.42 Å². The summed E-state index contributed by atoms with van der Waals surface area (Å²) < 4.78 is 5.21. The molecule has 1 atom stereocenters. The van der Waals surface area contributed by atoms with E-state index in [1.54, 1.807) is 24.3 Å². The summed E-state index contributed by atoms with van der Waals surface area (Å²) in [4.78, 5) is 26.6. The molecular formula is C19H18N4O3. The lowest BCUT2D eigenvalue weighted by Gasteiger charge is -2.17. The van der Waals surface area contributed by atoms with E-state index in [1.807, 2.05) is 36.4 Å². The van der Waals surface area contributed by atoms with Crippen molar-refractivity contribution in [3.63, 3.8) is 0 Å². The number of benzene rings is 2. The van der Waals surface area contributed by atoms with Crippen molar-refractivity contribution in [2.45, 2.75) is 6.42 Å². The first-order valence-corrected chi connectivity index (χ1v) is 8.32. The van der Waals surface area contributed by atoms with Gasteiger partial charge in [0.15, 0.2) is 0 Å². The van der Waals surface area contributed by atoms with Crippen LogP contribution in [0.2, 0.25) is 0 Å². The highest BCUT2D eigenvalue weighted by atomic mass is 16.5. The molecule has 0 spiro atoms. The maximum Gasteiger partial charge on any atom is 0.229 e. The Bertz CT molecular complexity index is 982. The van der Waals surface area contributed by atoms with Gasteiger partial charge < -0.3 is 15.0 Å². The minimum atomic E-state index is -0.395. The zero-order chi connectivity index (χ0) is 18.1. The molecule has 7 nitrogen and oxygen atoms in total. The van der Waals surface area contributed by atoms with Crippen LogP contribution in [0.3, 0.4) is 0 Å². The summed E-state index contributed by atoms with van der Waals surface area (Å²) in [5.41, 5.74) is 2.34. The third-order valence-electron chi connectivity index (χ3n) is 4.57. The van der Waals surface area contributed by atoms with Crippen LogP contribution in [0.4, 0.5) is 11.4 Å². The monoisotopic (exact) mass is 350 g/mol. The molecule has 0 saturated carbocycles. The Morgan fingerprint density at radius 3 is 3.04 bits per heavy atom. The van der Waals surface area contributed by atoms with E-state index in [4.69, 9.17) is 4.74 Å². The third-order valence-corrected chi connectivity index (χ3v) is 4.57. The van der Waals surface area contributed by atoms with Crippen LogP contribution in [0.5, 0.6) is 5.75 Å². The van der Waals surface area contributed by atoms with Crippen LogP contribution < -0.4 is 15.0 Å². The normalized spacial score (nSPS) is 16.9. The maximum absolute atomic E-state index is 12.6. The number of hydrogen-bond donors (Lipinski definition) is 2.